The Hall–Kier alpha value is -3.41. The molecule has 3 aromatic rings. The molecule has 2 aromatic carbocycles. The van der Waals surface area contributed by atoms with Crippen LogP contribution in [0.3, 0.4) is 0 Å². The second-order valence-corrected chi connectivity index (χ2v) is 8.52. The predicted molar refractivity (Wildman–Crippen MR) is 123 cm³/mol. The van der Waals surface area contributed by atoms with Crippen LogP contribution in [0, 0.1) is 0 Å². The van der Waals surface area contributed by atoms with Crippen molar-refractivity contribution in [2.75, 3.05) is 49.8 Å². The van der Waals surface area contributed by atoms with Crippen molar-refractivity contribution in [3.05, 3.63) is 54.1 Å². The van der Waals surface area contributed by atoms with E-state index in [1.54, 1.807) is 24.1 Å². The van der Waals surface area contributed by atoms with Gasteiger partial charge in [-0.25, -0.2) is 4.68 Å². The van der Waals surface area contributed by atoms with Gasteiger partial charge in [-0.2, -0.15) is 13.2 Å². The van der Waals surface area contributed by atoms with Gasteiger partial charge < -0.3 is 20.4 Å². The van der Waals surface area contributed by atoms with Crippen molar-refractivity contribution >= 4 is 23.4 Å². The van der Waals surface area contributed by atoms with Crippen molar-refractivity contribution < 1.29 is 22.7 Å². The first kappa shape index (κ1) is 23.7. The molecular weight excluding hydrogens is 469 g/mol. The van der Waals surface area contributed by atoms with E-state index >= 15 is 0 Å². The van der Waals surface area contributed by atoms with Crippen LogP contribution in [-0.2, 0) is 11.0 Å². The highest BCUT2D eigenvalue weighted by molar-refractivity contribution is 7.99. The van der Waals surface area contributed by atoms with Gasteiger partial charge in [-0.05, 0) is 30.3 Å². The molecule has 1 fully saturated rings. The highest BCUT2D eigenvalue weighted by Gasteiger charge is 2.31. The van der Waals surface area contributed by atoms with Crippen LogP contribution in [0.25, 0.3) is 11.4 Å². The van der Waals surface area contributed by atoms with Gasteiger partial charge in [0.25, 0.3) is 0 Å². The molecule has 0 aliphatic carbocycles. The average molecular weight is 493 g/mol. The van der Waals surface area contributed by atoms with Crippen molar-refractivity contribution in [2.24, 2.45) is 0 Å². The Bertz CT molecular complexity index is 1160. The molecule has 2 N–H and O–H groups in total. The molecule has 1 aliphatic rings. The zero-order chi connectivity index (χ0) is 24.3. The van der Waals surface area contributed by atoms with E-state index in [0.717, 1.165) is 12.1 Å². The second kappa shape index (κ2) is 9.84. The molecule has 0 radical (unpaired) electrons. The van der Waals surface area contributed by atoms with Gasteiger partial charge in [0.05, 0.1) is 24.0 Å². The van der Waals surface area contributed by atoms with Crippen molar-refractivity contribution in [3.8, 4) is 17.1 Å². The standard InChI is InChI=1S/C22H23F3N6O2S/c1-33-18-8-3-2-7-17(18)20-27-28-21(31(20)26)34-14-19(32)30-11-9-29(10-12-30)16-6-4-5-15(13-16)22(23,24)25/h2-8,13H,9-12,14,26H2,1H3. The van der Waals surface area contributed by atoms with Crippen LogP contribution in [0.2, 0.25) is 0 Å². The first-order chi connectivity index (χ1) is 16.3. The molecule has 0 atom stereocenters. The lowest BCUT2D eigenvalue weighted by Crippen LogP contribution is -2.49. The van der Waals surface area contributed by atoms with Crippen molar-refractivity contribution in [2.45, 2.75) is 11.3 Å². The number of hydrogen-bond acceptors (Lipinski definition) is 7. The topological polar surface area (TPSA) is 89.5 Å². The fraction of sp³-hybridized carbons (Fsp3) is 0.318. The molecule has 12 heteroatoms. The van der Waals surface area contributed by atoms with Crippen LogP contribution in [0.4, 0.5) is 18.9 Å². The number of benzene rings is 2. The van der Waals surface area contributed by atoms with Gasteiger partial charge in [-0.1, -0.05) is 30.0 Å². The molecule has 1 saturated heterocycles. The number of piperazine rings is 1. The van der Waals surface area contributed by atoms with Gasteiger partial charge in [-0.3, -0.25) is 4.79 Å². The Morgan fingerprint density at radius 3 is 2.53 bits per heavy atom. The smallest absolute Gasteiger partial charge is 0.416 e. The number of carbonyl (C=O) groups is 1. The summed E-state index contributed by atoms with van der Waals surface area (Å²) >= 11 is 1.17. The van der Waals surface area contributed by atoms with Crippen LogP contribution in [0.1, 0.15) is 5.56 Å². The number of alkyl halides is 3. The summed E-state index contributed by atoms with van der Waals surface area (Å²) < 4.78 is 45.6. The number of nitrogens with two attached hydrogens (primary N) is 1. The summed E-state index contributed by atoms with van der Waals surface area (Å²) in [7, 11) is 1.55. The van der Waals surface area contributed by atoms with E-state index in [1.807, 2.05) is 23.1 Å². The lowest BCUT2D eigenvalue weighted by atomic mass is 10.1. The van der Waals surface area contributed by atoms with E-state index in [-0.39, 0.29) is 11.7 Å². The maximum absolute atomic E-state index is 13.0. The third-order valence-electron chi connectivity index (χ3n) is 5.51. The van der Waals surface area contributed by atoms with Crippen LogP contribution < -0.4 is 15.5 Å². The number of hydrogen-bond donors (Lipinski definition) is 1. The summed E-state index contributed by atoms with van der Waals surface area (Å²) in [6, 6.07) is 12.5. The summed E-state index contributed by atoms with van der Waals surface area (Å²) in [6.07, 6.45) is -4.39. The number of ether oxygens (including phenoxy) is 1. The Morgan fingerprint density at radius 1 is 1.09 bits per heavy atom. The lowest BCUT2D eigenvalue weighted by molar-refractivity contribution is -0.137. The minimum absolute atomic E-state index is 0.101. The first-order valence-electron chi connectivity index (χ1n) is 10.4. The minimum Gasteiger partial charge on any atom is -0.496 e. The maximum atomic E-state index is 13.0. The quantitative estimate of drug-likeness (QED) is 0.418. The van der Waals surface area contributed by atoms with Gasteiger partial charge >= 0.3 is 6.18 Å². The molecule has 0 bridgehead atoms. The summed E-state index contributed by atoms with van der Waals surface area (Å²) in [5, 5.41) is 8.60. The molecule has 0 spiro atoms. The van der Waals surface area contributed by atoms with E-state index in [2.05, 4.69) is 10.2 Å². The van der Waals surface area contributed by atoms with Crippen LogP contribution in [0.5, 0.6) is 5.75 Å². The number of methoxy groups -OCH3 is 1. The Balaban J connectivity index is 1.34. The number of para-hydroxylation sites is 1. The molecule has 180 valence electrons. The number of carbonyl (C=O) groups excluding carboxylic acids is 1. The molecule has 8 nitrogen and oxygen atoms in total. The van der Waals surface area contributed by atoms with Crippen LogP contribution in [-0.4, -0.2) is 64.7 Å². The Morgan fingerprint density at radius 2 is 1.82 bits per heavy atom. The molecular formula is C22H23F3N6O2S. The van der Waals surface area contributed by atoms with E-state index in [4.69, 9.17) is 10.6 Å². The molecule has 0 saturated carbocycles. The minimum atomic E-state index is -4.39. The number of nitrogens with zero attached hydrogens (tertiary/aromatic N) is 5. The SMILES string of the molecule is COc1ccccc1-c1nnc(SCC(=O)N2CCN(c3cccc(C(F)(F)F)c3)CC2)n1N. The predicted octanol–water partition coefficient (Wildman–Crippen LogP) is 3.13. The third-order valence-corrected chi connectivity index (χ3v) is 6.44. The van der Waals surface area contributed by atoms with Gasteiger partial charge in [0.15, 0.2) is 5.82 Å². The fourth-order valence-corrected chi connectivity index (χ4v) is 4.46. The maximum Gasteiger partial charge on any atom is 0.416 e. The first-order valence-corrected chi connectivity index (χ1v) is 11.4. The summed E-state index contributed by atoms with van der Waals surface area (Å²) in [5.41, 5.74) is 0.499. The number of rotatable bonds is 6. The second-order valence-electron chi connectivity index (χ2n) is 7.58. The number of amides is 1. The van der Waals surface area contributed by atoms with Gasteiger partial charge in [0.2, 0.25) is 11.1 Å². The highest BCUT2D eigenvalue weighted by Crippen LogP contribution is 2.32. The molecule has 4 rings (SSSR count). The van der Waals surface area contributed by atoms with Crippen molar-refractivity contribution in [1.82, 2.24) is 19.8 Å². The summed E-state index contributed by atoms with van der Waals surface area (Å²) in [5.74, 6) is 7.19. The number of thioether (sulfide) groups is 1. The van der Waals surface area contributed by atoms with Crippen LogP contribution in [0.15, 0.2) is 53.7 Å². The van der Waals surface area contributed by atoms with Crippen molar-refractivity contribution in [1.29, 1.82) is 0 Å². The number of aromatic nitrogens is 3. The number of halogens is 3. The molecule has 0 unspecified atom stereocenters. The molecule has 1 aromatic heterocycles. The van der Waals surface area contributed by atoms with Gasteiger partial charge in [-0.15, -0.1) is 10.2 Å². The zero-order valence-corrected chi connectivity index (χ0v) is 19.1. The van der Waals surface area contributed by atoms with E-state index in [1.165, 1.54) is 22.5 Å². The normalized spacial score (nSPS) is 14.4. The summed E-state index contributed by atoms with van der Waals surface area (Å²) in [6.45, 7) is 1.72. The highest BCUT2D eigenvalue weighted by atomic mass is 32.2. The van der Waals surface area contributed by atoms with Crippen LogP contribution >= 0.6 is 11.8 Å². The van der Waals surface area contributed by atoms with E-state index in [0.29, 0.717) is 54.2 Å². The largest absolute Gasteiger partial charge is 0.496 e. The molecule has 1 amide bonds. The van der Waals surface area contributed by atoms with Crippen molar-refractivity contribution in [3.63, 3.8) is 0 Å². The third kappa shape index (κ3) is 5.06. The fourth-order valence-electron chi connectivity index (χ4n) is 3.70. The Labute approximate surface area is 198 Å². The van der Waals surface area contributed by atoms with Gasteiger partial charge in [0.1, 0.15) is 5.75 Å². The molecule has 2 heterocycles. The Kier molecular flexibility index (Phi) is 6.87. The number of anilines is 1. The summed E-state index contributed by atoms with van der Waals surface area (Å²) in [4.78, 5) is 16.2. The lowest BCUT2D eigenvalue weighted by Gasteiger charge is -2.36. The molecule has 34 heavy (non-hydrogen) atoms. The molecule has 1 aliphatic heterocycles. The zero-order valence-electron chi connectivity index (χ0n) is 18.3. The van der Waals surface area contributed by atoms with E-state index in [9.17, 15) is 18.0 Å². The van der Waals surface area contributed by atoms with E-state index < -0.39 is 11.7 Å². The van der Waals surface area contributed by atoms with Gasteiger partial charge in [0, 0.05) is 31.9 Å². The average Bonchev–Trinajstić information content (AvgIpc) is 3.22. The number of nitrogen functional groups attached to an aromatic ring is 1. The monoisotopic (exact) mass is 492 g/mol.